The molecule has 1 heterocycles. The van der Waals surface area contributed by atoms with E-state index in [1.165, 1.54) is 11.0 Å². The fourth-order valence-corrected chi connectivity index (χ4v) is 2.26. The van der Waals surface area contributed by atoms with E-state index >= 15 is 0 Å². The molecule has 29 heavy (non-hydrogen) atoms. The zero-order chi connectivity index (χ0) is 21.4. The van der Waals surface area contributed by atoms with Gasteiger partial charge in [-0.2, -0.15) is 30.7 Å². The van der Waals surface area contributed by atoms with Crippen molar-refractivity contribution in [3.8, 4) is 22.8 Å². The van der Waals surface area contributed by atoms with Crippen LogP contribution in [0.3, 0.4) is 0 Å². The van der Waals surface area contributed by atoms with Crippen LogP contribution in [0.25, 0.3) is 17.1 Å². The summed E-state index contributed by atoms with van der Waals surface area (Å²) < 4.78 is 93.7. The van der Waals surface area contributed by atoms with Crippen molar-refractivity contribution in [2.24, 2.45) is 0 Å². The van der Waals surface area contributed by atoms with E-state index in [0.717, 1.165) is 24.3 Å². The molecule has 0 aliphatic carbocycles. The maximum Gasteiger partial charge on any atom is 0.474 e. The van der Waals surface area contributed by atoms with Gasteiger partial charge in [-0.1, -0.05) is 12.1 Å². The third-order valence-corrected chi connectivity index (χ3v) is 3.76. The van der Waals surface area contributed by atoms with E-state index in [2.05, 4.69) is 14.8 Å². The molecule has 3 aromatic rings. The molecule has 0 radical (unpaired) electrons. The number of nitrogens with zero attached hydrogens (tertiary/aromatic N) is 3. The van der Waals surface area contributed by atoms with Crippen LogP contribution in [0.15, 0.2) is 54.9 Å². The number of nitrogens with two attached hydrogens (primary N) is 1. The summed E-state index contributed by atoms with van der Waals surface area (Å²) >= 11 is 0. The molecule has 12 heteroatoms. The van der Waals surface area contributed by atoms with Crippen molar-refractivity contribution in [2.45, 2.75) is 18.2 Å². The van der Waals surface area contributed by atoms with Gasteiger partial charge in [-0.05, 0) is 36.4 Å². The van der Waals surface area contributed by atoms with Crippen molar-refractivity contribution in [1.29, 1.82) is 0 Å². The van der Waals surface area contributed by atoms with Crippen LogP contribution in [-0.4, -0.2) is 33.0 Å². The molecular weight excluding hydrogens is 409 g/mol. The number of ether oxygens (including phenoxy) is 1. The lowest BCUT2D eigenvalue weighted by molar-refractivity contribution is -0.402. The second kappa shape index (κ2) is 6.94. The Morgan fingerprint density at radius 1 is 0.862 bits per heavy atom. The van der Waals surface area contributed by atoms with E-state index in [-0.39, 0.29) is 11.5 Å². The van der Waals surface area contributed by atoms with Crippen molar-refractivity contribution in [2.75, 3.05) is 5.73 Å². The molecule has 154 valence electrons. The second-order valence-electron chi connectivity index (χ2n) is 5.78. The van der Waals surface area contributed by atoms with Gasteiger partial charge in [-0.15, -0.1) is 5.10 Å². The van der Waals surface area contributed by atoms with Crippen LogP contribution in [0.5, 0.6) is 5.75 Å². The number of rotatable bonds is 5. The summed E-state index contributed by atoms with van der Waals surface area (Å²) in [7, 11) is 0. The smallest absolute Gasteiger partial charge is 0.428 e. The standard InChI is InChI=1S/C17H11F7N4O/c18-15(19,16(20,21)22)17(23,24)29-11-7-5-10(6-8-11)28-9-26-14(27-28)12-3-1-2-4-13(12)25/h1-9H,25H2. The summed E-state index contributed by atoms with van der Waals surface area (Å²) in [6.07, 6.45) is -11.0. The van der Waals surface area contributed by atoms with Crippen LogP contribution in [0.4, 0.5) is 36.4 Å². The van der Waals surface area contributed by atoms with Gasteiger partial charge in [0.25, 0.3) is 0 Å². The summed E-state index contributed by atoms with van der Waals surface area (Å²) in [6.45, 7) is 0. The lowest BCUT2D eigenvalue weighted by atomic mass is 10.2. The van der Waals surface area contributed by atoms with Gasteiger partial charge < -0.3 is 10.5 Å². The van der Waals surface area contributed by atoms with Gasteiger partial charge in [0.2, 0.25) is 0 Å². The Bertz CT molecular complexity index is 1000. The number of benzene rings is 2. The molecule has 0 spiro atoms. The van der Waals surface area contributed by atoms with E-state index in [0.29, 0.717) is 11.3 Å². The first-order valence-electron chi connectivity index (χ1n) is 7.81. The van der Waals surface area contributed by atoms with Gasteiger partial charge in [-0.25, -0.2) is 9.67 Å². The highest BCUT2D eigenvalue weighted by molar-refractivity contribution is 5.70. The molecular formula is C17H11F7N4O. The van der Waals surface area contributed by atoms with Crippen molar-refractivity contribution < 1.29 is 35.5 Å². The predicted octanol–water partition coefficient (Wildman–Crippen LogP) is 4.69. The molecule has 0 saturated carbocycles. The molecule has 1 aromatic heterocycles. The fourth-order valence-electron chi connectivity index (χ4n) is 2.26. The van der Waals surface area contributed by atoms with Crippen LogP contribution in [0, 0.1) is 0 Å². The number of alkyl halides is 7. The van der Waals surface area contributed by atoms with Crippen molar-refractivity contribution >= 4 is 5.69 Å². The number of para-hydroxylation sites is 1. The Kier molecular flexibility index (Phi) is 4.89. The Hall–Kier alpha value is -3.31. The number of anilines is 1. The van der Waals surface area contributed by atoms with E-state index < -0.39 is 24.0 Å². The largest absolute Gasteiger partial charge is 0.474 e. The van der Waals surface area contributed by atoms with Crippen molar-refractivity contribution in [3.05, 3.63) is 54.9 Å². The van der Waals surface area contributed by atoms with Crippen LogP contribution >= 0.6 is 0 Å². The van der Waals surface area contributed by atoms with E-state index in [9.17, 15) is 30.7 Å². The van der Waals surface area contributed by atoms with Gasteiger partial charge >= 0.3 is 18.2 Å². The molecule has 0 saturated heterocycles. The molecule has 2 aromatic carbocycles. The Balaban J connectivity index is 1.80. The van der Waals surface area contributed by atoms with Gasteiger partial charge in [0, 0.05) is 11.3 Å². The SMILES string of the molecule is Nc1ccccc1-c1ncn(-c2ccc(OC(F)(F)C(F)(F)C(F)(F)F)cc2)n1. The number of nitrogen functional groups attached to an aromatic ring is 1. The Morgan fingerprint density at radius 2 is 1.48 bits per heavy atom. The molecule has 0 amide bonds. The molecule has 0 unspecified atom stereocenters. The van der Waals surface area contributed by atoms with Crippen LogP contribution in [-0.2, 0) is 0 Å². The minimum Gasteiger partial charge on any atom is -0.428 e. The summed E-state index contributed by atoms with van der Waals surface area (Å²) in [6, 6.07) is 10.6. The number of aromatic nitrogens is 3. The third-order valence-electron chi connectivity index (χ3n) is 3.76. The first-order chi connectivity index (χ1) is 13.4. The molecule has 0 aliphatic heterocycles. The highest BCUT2D eigenvalue weighted by Gasteiger charge is 2.75. The highest BCUT2D eigenvalue weighted by atomic mass is 19.4. The average molecular weight is 420 g/mol. The second-order valence-corrected chi connectivity index (χ2v) is 5.78. The molecule has 0 bridgehead atoms. The summed E-state index contributed by atoms with van der Waals surface area (Å²) in [4.78, 5) is 4.06. The molecule has 0 fully saturated rings. The zero-order valence-electron chi connectivity index (χ0n) is 14.2. The van der Waals surface area contributed by atoms with Gasteiger partial charge in [-0.3, -0.25) is 0 Å². The normalized spacial score (nSPS) is 12.8. The number of hydrogen-bond acceptors (Lipinski definition) is 4. The molecule has 2 N–H and O–H groups in total. The fraction of sp³-hybridized carbons (Fsp3) is 0.176. The van der Waals surface area contributed by atoms with E-state index in [4.69, 9.17) is 5.73 Å². The third kappa shape index (κ3) is 3.82. The van der Waals surface area contributed by atoms with Gasteiger partial charge in [0.05, 0.1) is 5.69 Å². The molecule has 0 aliphatic rings. The van der Waals surface area contributed by atoms with Crippen LogP contribution in [0.1, 0.15) is 0 Å². The minimum absolute atomic E-state index is 0.261. The summed E-state index contributed by atoms with van der Waals surface area (Å²) in [5.41, 5.74) is 7.05. The van der Waals surface area contributed by atoms with Crippen LogP contribution < -0.4 is 10.5 Å². The lowest BCUT2D eigenvalue weighted by Crippen LogP contribution is -2.55. The maximum atomic E-state index is 13.3. The molecule has 3 rings (SSSR count). The Labute approximate surface area is 158 Å². The van der Waals surface area contributed by atoms with E-state index in [1.54, 1.807) is 24.3 Å². The summed E-state index contributed by atoms with van der Waals surface area (Å²) in [5, 5.41) is 4.16. The molecule has 5 nitrogen and oxygen atoms in total. The van der Waals surface area contributed by atoms with E-state index in [1.807, 2.05) is 0 Å². The average Bonchev–Trinajstić information content (AvgIpc) is 3.11. The first kappa shape index (κ1) is 20.4. The number of halogens is 7. The minimum atomic E-state index is -6.48. The topological polar surface area (TPSA) is 66.0 Å². The highest BCUT2D eigenvalue weighted by Crippen LogP contribution is 2.47. The molecule has 0 atom stereocenters. The monoisotopic (exact) mass is 420 g/mol. The summed E-state index contributed by atoms with van der Waals surface area (Å²) in [5.74, 6) is -7.00. The van der Waals surface area contributed by atoms with Crippen LogP contribution in [0.2, 0.25) is 0 Å². The first-order valence-corrected chi connectivity index (χ1v) is 7.81. The maximum absolute atomic E-state index is 13.3. The predicted molar refractivity (Wildman–Crippen MR) is 87.8 cm³/mol. The Morgan fingerprint density at radius 3 is 2.07 bits per heavy atom. The van der Waals surface area contributed by atoms with Crippen molar-refractivity contribution in [3.63, 3.8) is 0 Å². The van der Waals surface area contributed by atoms with Crippen molar-refractivity contribution in [1.82, 2.24) is 14.8 Å². The quantitative estimate of drug-likeness (QED) is 0.481. The zero-order valence-corrected chi connectivity index (χ0v) is 14.2. The van der Waals surface area contributed by atoms with Gasteiger partial charge in [0.15, 0.2) is 5.82 Å². The lowest BCUT2D eigenvalue weighted by Gasteiger charge is -2.27. The van der Waals surface area contributed by atoms with Gasteiger partial charge in [0.1, 0.15) is 12.1 Å². The number of hydrogen-bond donors (Lipinski definition) is 1.